The summed E-state index contributed by atoms with van der Waals surface area (Å²) < 4.78 is 0. The minimum absolute atomic E-state index is 0.228. The van der Waals surface area contributed by atoms with E-state index >= 15 is 0 Å². The molecule has 5 atom stereocenters. The number of allylic oxidation sites excluding steroid dienone is 1. The number of nitrogens with one attached hydrogen (secondary N) is 1. The largest absolute Gasteiger partial charge is 0.392 e. The number of unbranched alkanes of at least 4 members (excludes halogenated alkanes) is 1. The second kappa shape index (κ2) is 11.3. The third-order valence-electron chi connectivity index (χ3n) is 7.28. The van der Waals surface area contributed by atoms with Gasteiger partial charge in [0.25, 0.3) is 0 Å². The zero-order chi connectivity index (χ0) is 22.4. The quantitative estimate of drug-likeness (QED) is 0.321. The first-order chi connectivity index (χ1) is 14.0. The lowest BCUT2D eigenvalue weighted by atomic mass is 9.88. The summed E-state index contributed by atoms with van der Waals surface area (Å²) in [6.45, 7) is 14.0. The van der Waals surface area contributed by atoms with Crippen molar-refractivity contribution in [2.24, 2.45) is 17.8 Å². The van der Waals surface area contributed by atoms with Crippen LogP contribution < -0.4 is 5.32 Å². The highest BCUT2D eigenvalue weighted by Gasteiger charge is 2.43. The lowest BCUT2D eigenvalue weighted by Gasteiger charge is -2.31. The van der Waals surface area contributed by atoms with E-state index in [1.807, 2.05) is 6.92 Å². The van der Waals surface area contributed by atoms with Crippen LogP contribution in [-0.2, 0) is 0 Å². The van der Waals surface area contributed by atoms with Crippen molar-refractivity contribution in [1.29, 1.82) is 0 Å². The van der Waals surface area contributed by atoms with Gasteiger partial charge in [0.2, 0.25) is 0 Å². The lowest BCUT2D eigenvalue weighted by molar-refractivity contribution is 0.0513. The van der Waals surface area contributed by atoms with E-state index in [2.05, 4.69) is 63.2 Å². The number of rotatable bonds is 12. The van der Waals surface area contributed by atoms with Gasteiger partial charge in [0, 0.05) is 18.0 Å². The molecule has 174 valence electrons. The molecule has 0 spiro atoms. The Morgan fingerprint density at radius 1 is 1.23 bits per heavy atom. The molecule has 4 heteroatoms. The Labute approximate surface area is 185 Å². The van der Waals surface area contributed by atoms with Crippen LogP contribution in [0.4, 0.5) is 0 Å². The molecule has 0 unspecified atom stereocenters. The van der Waals surface area contributed by atoms with Crippen LogP contribution in [0.25, 0.3) is 0 Å². The average Bonchev–Trinajstić information content (AvgIpc) is 3.16. The first-order valence-electron chi connectivity index (χ1n) is 12.2. The van der Waals surface area contributed by atoms with E-state index in [4.69, 9.17) is 0 Å². The summed E-state index contributed by atoms with van der Waals surface area (Å²) in [7, 11) is 2.20. The van der Waals surface area contributed by atoms with Crippen LogP contribution in [0.15, 0.2) is 23.8 Å². The maximum atomic E-state index is 10.6. The molecular weight excluding hydrogens is 372 g/mol. The molecule has 0 aromatic rings. The summed E-state index contributed by atoms with van der Waals surface area (Å²) >= 11 is 0. The van der Waals surface area contributed by atoms with Crippen molar-refractivity contribution in [3.05, 3.63) is 23.8 Å². The lowest BCUT2D eigenvalue weighted by Crippen LogP contribution is -2.39. The van der Waals surface area contributed by atoms with Crippen LogP contribution in [0, 0.1) is 17.8 Å². The van der Waals surface area contributed by atoms with Gasteiger partial charge in [-0.2, -0.15) is 0 Å². The predicted molar refractivity (Wildman–Crippen MR) is 128 cm³/mol. The van der Waals surface area contributed by atoms with Crippen molar-refractivity contribution in [3.63, 3.8) is 0 Å². The van der Waals surface area contributed by atoms with Gasteiger partial charge in [-0.3, -0.25) is 0 Å². The first-order valence-corrected chi connectivity index (χ1v) is 12.2. The normalized spacial score (nSPS) is 28.9. The molecule has 2 aliphatic carbocycles. The number of aliphatic hydroxyl groups excluding tert-OH is 1. The third-order valence-corrected chi connectivity index (χ3v) is 7.28. The molecule has 3 N–H and O–H groups in total. The van der Waals surface area contributed by atoms with Crippen LogP contribution in [0.1, 0.15) is 79.6 Å². The zero-order valence-corrected chi connectivity index (χ0v) is 20.5. The van der Waals surface area contributed by atoms with Crippen molar-refractivity contribution in [2.45, 2.75) is 96.8 Å². The van der Waals surface area contributed by atoms with Gasteiger partial charge in [0.05, 0.1) is 11.7 Å². The maximum absolute atomic E-state index is 10.6. The highest BCUT2D eigenvalue weighted by atomic mass is 16.3. The van der Waals surface area contributed by atoms with Gasteiger partial charge in [-0.05, 0) is 91.8 Å². The summed E-state index contributed by atoms with van der Waals surface area (Å²) in [6, 6.07) is 0. The molecule has 0 heterocycles. The van der Waals surface area contributed by atoms with Crippen molar-refractivity contribution in [1.82, 2.24) is 10.2 Å². The Morgan fingerprint density at radius 3 is 2.63 bits per heavy atom. The van der Waals surface area contributed by atoms with Gasteiger partial charge >= 0.3 is 0 Å². The molecule has 0 amide bonds. The maximum Gasteiger partial charge on any atom is 0.0654 e. The molecule has 1 fully saturated rings. The Kier molecular flexibility index (Phi) is 9.60. The minimum atomic E-state index is -0.625. The van der Waals surface area contributed by atoms with E-state index < -0.39 is 5.60 Å². The average molecular weight is 421 g/mol. The van der Waals surface area contributed by atoms with Gasteiger partial charge < -0.3 is 20.4 Å². The SMILES string of the molecule is CCCC[C@](C)(O)C/C=C/[C@@H]1[C@H]2CC(CNCCCN(C)C(C)(C)C)=C[C@H]2C[C@H]1O. The van der Waals surface area contributed by atoms with Gasteiger partial charge in [-0.25, -0.2) is 0 Å². The smallest absolute Gasteiger partial charge is 0.0654 e. The van der Waals surface area contributed by atoms with E-state index in [0.29, 0.717) is 18.3 Å². The Bertz CT molecular complexity index is 576. The standard InChI is InChI=1S/C26H48N2O2/c1-7-8-12-26(5,30)13-9-11-22-23-17-20(16-21(23)18-24(22)29)19-27-14-10-15-28(6)25(2,3)4/h9,11,16,21-24,27,29-30H,7-8,10,12-15,17-19H2,1-6H3/b11-9+/t21-,22+,23-,24+,26-/m0/s1. The van der Waals surface area contributed by atoms with Crippen molar-refractivity contribution in [3.8, 4) is 0 Å². The topological polar surface area (TPSA) is 55.7 Å². The fourth-order valence-corrected chi connectivity index (χ4v) is 4.90. The third kappa shape index (κ3) is 7.78. The number of hydrogen-bond donors (Lipinski definition) is 3. The second-order valence-electron chi connectivity index (χ2n) is 11.1. The zero-order valence-electron chi connectivity index (χ0n) is 20.5. The molecule has 0 bridgehead atoms. The molecule has 0 saturated heterocycles. The van der Waals surface area contributed by atoms with E-state index in [1.54, 1.807) is 0 Å². The molecule has 0 aromatic heterocycles. The van der Waals surface area contributed by atoms with Gasteiger partial charge in [0.15, 0.2) is 0 Å². The summed E-state index contributed by atoms with van der Waals surface area (Å²) in [6.07, 6.45) is 13.3. The molecule has 2 aliphatic rings. The monoisotopic (exact) mass is 420 g/mol. The summed E-state index contributed by atoms with van der Waals surface area (Å²) in [5.74, 6) is 1.27. The van der Waals surface area contributed by atoms with E-state index in [0.717, 1.165) is 58.2 Å². The number of nitrogens with zero attached hydrogens (tertiary/aromatic N) is 1. The van der Waals surface area contributed by atoms with E-state index in [9.17, 15) is 10.2 Å². The van der Waals surface area contributed by atoms with Crippen LogP contribution in [0.5, 0.6) is 0 Å². The van der Waals surface area contributed by atoms with Gasteiger partial charge in [-0.15, -0.1) is 0 Å². The Hall–Kier alpha value is -0.680. The minimum Gasteiger partial charge on any atom is -0.392 e. The van der Waals surface area contributed by atoms with Crippen LogP contribution in [0.3, 0.4) is 0 Å². The Morgan fingerprint density at radius 2 is 1.97 bits per heavy atom. The van der Waals surface area contributed by atoms with E-state index in [1.165, 1.54) is 5.57 Å². The number of aliphatic hydroxyl groups is 2. The molecule has 4 nitrogen and oxygen atoms in total. The Balaban J connectivity index is 1.73. The highest BCUT2D eigenvalue weighted by molar-refractivity contribution is 5.21. The number of hydrogen-bond acceptors (Lipinski definition) is 4. The molecule has 30 heavy (non-hydrogen) atoms. The van der Waals surface area contributed by atoms with E-state index in [-0.39, 0.29) is 17.6 Å². The molecule has 0 radical (unpaired) electrons. The summed E-state index contributed by atoms with van der Waals surface area (Å²) in [5, 5.41) is 24.7. The fourth-order valence-electron chi connectivity index (χ4n) is 4.90. The van der Waals surface area contributed by atoms with Crippen molar-refractivity contribution in [2.75, 3.05) is 26.7 Å². The van der Waals surface area contributed by atoms with Crippen molar-refractivity contribution >= 4 is 0 Å². The summed E-state index contributed by atoms with van der Waals surface area (Å²) in [5.41, 5.74) is 1.12. The molecular formula is C26H48N2O2. The molecule has 1 saturated carbocycles. The predicted octanol–water partition coefficient (Wildman–Crippen LogP) is 4.53. The first kappa shape index (κ1) is 25.6. The molecule has 0 aromatic carbocycles. The van der Waals surface area contributed by atoms with Gasteiger partial charge in [0.1, 0.15) is 0 Å². The summed E-state index contributed by atoms with van der Waals surface area (Å²) in [4.78, 5) is 2.41. The van der Waals surface area contributed by atoms with Gasteiger partial charge in [-0.1, -0.05) is 43.6 Å². The highest BCUT2D eigenvalue weighted by Crippen LogP contribution is 2.47. The molecule has 0 aliphatic heterocycles. The number of fused-ring (bicyclic) bond motifs is 1. The van der Waals surface area contributed by atoms with Crippen LogP contribution in [0.2, 0.25) is 0 Å². The second-order valence-corrected chi connectivity index (χ2v) is 11.1. The molecule has 2 rings (SSSR count). The van der Waals surface area contributed by atoms with Crippen LogP contribution >= 0.6 is 0 Å². The van der Waals surface area contributed by atoms with Crippen molar-refractivity contribution < 1.29 is 10.2 Å². The van der Waals surface area contributed by atoms with Crippen LogP contribution in [-0.4, -0.2) is 59.0 Å². The fraction of sp³-hybridized carbons (Fsp3) is 0.846.